The van der Waals surface area contributed by atoms with Crippen molar-refractivity contribution in [3.63, 3.8) is 0 Å². The summed E-state index contributed by atoms with van der Waals surface area (Å²) in [6.07, 6.45) is 2.02. The van der Waals surface area contributed by atoms with Crippen LogP contribution in [0.5, 0.6) is 0 Å². The van der Waals surface area contributed by atoms with Crippen molar-refractivity contribution in [2.45, 2.75) is 30.1 Å². The van der Waals surface area contributed by atoms with Gasteiger partial charge in [-0.2, -0.15) is 0 Å². The van der Waals surface area contributed by atoms with Gasteiger partial charge in [0, 0.05) is 29.4 Å². The first-order chi connectivity index (χ1) is 10.9. The molecule has 0 bridgehead atoms. The van der Waals surface area contributed by atoms with E-state index in [1.807, 2.05) is 11.4 Å². The summed E-state index contributed by atoms with van der Waals surface area (Å²) < 4.78 is 27.5. The second kappa shape index (κ2) is 6.07. The highest BCUT2D eigenvalue weighted by Gasteiger charge is 2.45. The van der Waals surface area contributed by atoms with E-state index in [1.165, 1.54) is 23.9 Å². The molecule has 0 radical (unpaired) electrons. The summed E-state index contributed by atoms with van der Waals surface area (Å²) in [7, 11) is -3.55. The lowest BCUT2D eigenvalue weighted by molar-refractivity contribution is -0.114. The number of thiophene rings is 1. The topological polar surface area (TPSA) is 75.3 Å². The summed E-state index contributed by atoms with van der Waals surface area (Å²) in [6, 6.07) is 10.2. The number of benzene rings is 1. The van der Waals surface area contributed by atoms with E-state index >= 15 is 0 Å². The Balaban J connectivity index is 1.69. The fourth-order valence-electron chi connectivity index (χ4n) is 2.48. The zero-order chi connectivity index (χ0) is 16.5. The highest BCUT2D eigenvalue weighted by Crippen LogP contribution is 2.49. The Hall–Kier alpha value is -1.70. The normalized spacial score (nSPS) is 16.0. The lowest BCUT2D eigenvalue weighted by Crippen LogP contribution is -2.31. The number of carbonyl (C=O) groups excluding carboxylic acids is 1. The van der Waals surface area contributed by atoms with E-state index in [0.29, 0.717) is 12.2 Å². The predicted molar refractivity (Wildman–Crippen MR) is 91.2 cm³/mol. The third-order valence-corrected chi connectivity index (χ3v) is 6.52. The highest BCUT2D eigenvalue weighted by molar-refractivity contribution is 7.89. The van der Waals surface area contributed by atoms with Gasteiger partial charge in [0.2, 0.25) is 15.9 Å². The molecule has 1 amide bonds. The molecule has 122 valence electrons. The SMILES string of the molecule is CC(=O)Nc1ccc(S(=O)(=O)NCC2(c3cccs3)CC2)cc1. The highest BCUT2D eigenvalue weighted by atomic mass is 32.2. The number of carbonyl (C=O) groups is 1. The molecule has 2 N–H and O–H groups in total. The first kappa shape index (κ1) is 16.2. The third kappa shape index (κ3) is 3.63. The van der Waals surface area contributed by atoms with Gasteiger partial charge in [-0.3, -0.25) is 4.79 Å². The fourth-order valence-corrected chi connectivity index (χ4v) is 4.59. The maximum atomic E-state index is 12.4. The molecule has 0 spiro atoms. The number of amides is 1. The molecule has 0 unspecified atom stereocenters. The molecule has 1 saturated carbocycles. The van der Waals surface area contributed by atoms with Gasteiger partial charge in [0.15, 0.2) is 0 Å². The first-order valence-corrected chi connectivity index (χ1v) is 9.69. The number of sulfonamides is 1. The van der Waals surface area contributed by atoms with Gasteiger partial charge in [0.1, 0.15) is 0 Å². The Morgan fingerprint density at radius 3 is 2.43 bits per heavy atom. The van der Waals surface area contributed by atoms with E-state index in [-0.39, 0.29) is 16.2 Å². The molecule has 1 aliphatic carbocycles. The van der Waals surface area contributed by atoms with Gasteiger partial charge in [-0.25, -0.2) is 13.1 Å². The standard InChI is InChI=1S/C16H18N2O3S2/c1-12(19)18-13-4-6-14(7-5-13)23(20,21)17-11-16(8-9-16)15-3-2-10-22-15/h2-7,10,17H,8-9,11H2,1H3,(H,18,19). The lowest BCUT2D eigenvalue weighted by Gasteiger charge is -2.15. The molecular weight excluding hydrogens is 332 g/mol. The van der Waals surface area contributed by atoms with Crippen molar-refractivity contribution >= 4 is 33.0 Å². The molecule has 0 aliphatic heterocycles. The minimum absolute atomic E-state index is 0.0304. The molecule has 2 aromatic rings. The van der Waals surface area contributed by atoms with Crippen LogP contribution in [0, 0.1) is 0 Å². The number of nitrogens with one attached hydrogen (secondary N) is 2. The van der Waals surface area contributed by atoms with Crippen molar-refractivity contribution in [2.75, 3.05) is 11.9 Å². The van der Waals surface area contributed by atoms with Crippen LogP contribution in [0.1, 0.15) is 24.6 Å². The summed E-state index contributed by atoms with van der Waals surface area (Å²) in [5, 5.41) is 4.63. The molecule has 7 heteroatoms. The molecule has 1 fully saturated rings. The Morgan fingerprint density at radius 1 is 1.22 bits per heavy atom. The second-order valence-electron chi connectivity index (χ2n) is 5.79. The molecule has 1 aromatic carbocycles. The molecule has 1 aromatic heterocycles. The van der Waals surface area contributed by atoms with Crippen molar-refractivity contribution in [3.05, 3.63) is 46.7 Å². The summed E-state index contributed by atoms with van der Waals surface area (Å²) >= 11 is 1.67. The Morgan fingerprint density at radius 2 is 1.91 bits per heavy atom. The number of rotatable bonds is 6. The average Bonchev–Trinajstić information content (AvgIpc) is 3.09. The molecule has 1 aliphatic rings. The zero-order valence-electron chi connectivity index (χ0n) is 12.7. The van der Waals surface area contributed by atoms with E-state index < -0.39 is 10.0 Å². The predicted octanol–water partition coefficient (Wildman–Crippen LogP) is 2.72. The van der Waals surface area contributed by atoms with Crippen LogP contribution < -0.4 is 10.0 Å². The van der Waals surface area contributed by atoms with Gasteiger partial charge in [-0.05, 0) is 48.6 Å². The smallest absolute Gasteiger partial charge is 0.240 e. The van der Waals surface area contributed by atoms with E-state index in [0.717, 1.165) is 12.8 Å². The first-order valence-electron chi connectivity index (χ1n) is 7.33. The van der Waals surface area contributed by atoms with Crippen LogP contribution in [-0.4, -0.2) is 20.9 Å². The van der Waals surface area contributed by atoms with Crippen LogP contribution in [0.25, 0.3) is 0 Å². The zero-order valence-corrected chi connectivity index (χ0v) is 14.3. The molecule has 3 rings (SSSR count). The third-order valence-electron chi connectivity index (χ3n) is 3.98. The van der Waals surface area contributed by atoms with Crippen LogP contribution in [0.3, 0.4) is 0 Å². The van der Waals surface area contributed by atoms with E-state index in [2.05, 4.69) is 16.1 Å². The van der Waals surface area contributed by atoms with Crippen LogP contribution in [0.15, 0.2) is 46.7 Å². The van der Waals surface area contributed by atoms with Crippen LogP contribution in [0.2, 0.25) is 0 Å². The minimum Gasteiger partial charge on any atom is -0.326 e. The molecule has 1 heterocycles. The van der Waals surface area contributed by atoms with Gasteiger partial charge < -0.3 is 5.32 Å². The van der Waals surface area contributed by atoms with Gasteiger partial charge in [0.25, 0.3) is 0 Å². The van der Waals surface area contributed by atoms with E-state index in [4.69, 9.17) is 0 Å². The van der Waals surface area contributed by atoms with Gasteiger partial charge in [-0.1, -0.05) is 6.07 Å². The van der Waals surface area contributed by atoms with Crippen molar-refractivity contribution in [1.82, 2.24) is 4.72 Å². The van der Waals surface area contributed by atoms with Gasteiger partial charge in [-0.15, -0.1) is 11.3 Å². The average molecular weight is 350 g/mol. The Labute approximate surface area is 139 Å². The van der Waals surface area contributed by atoms with Crippen LogP contribution in [0.4, 0.5) is 5.69 Å². The molecular formula is C16H18N2O3S2. The van der Waals surface area contributed by atoms with Gasteiger partial charge in [0.05, 0.1) is 4.90 Å². The van der Waals surface area contributed by atoms with Gasteiger partial charge >= 0.3 is 0 Å². The quantitative estimate of drug-likeness (QED) is 0.841. The molecule has 0 atom stereocenters. The monoisotopic (exact) mass is 350 g/mol. The second-order valence-corrected chi connectivity index (χ2v) is 8.50. The Kier molecular flexibility index (Phi) is 4.27. The van der Waals surface area contributed by atoms with E-state index in [1.54, 1.807) is 23.5 Å². The van der Waals surface area contributed by atoms with Crippen LogP contribution >= 0.6 is 11.3 Å². The van der Waals surface area contributed by atoms with Crippen molar-refractivity contribution < 1.29 is 13.2 Å². The Bertz CT molecular complexity index is 792. The lowest BCUT2D eigenvalue weighted by atomic mass is 10.1. The summed E-state index contributed by atoms with van der Waals surface area (Å²) in [5.74, 6) is -0.189. The summed E-state index contributed by atoms with van der Waals surface area (Å²) in [6.45, 7) is 1.83. The van der Waals surface area contributed by atoms with Crippen LogP contribution in [-0.2, 0) is 20.2 Å². The number of anilines is 1. The minimum atomic E-state index is -3.55. The number of hydrogen-bond donors (Lipinski definition) is 2. The maximum Gasteiger partial charge on any atom is 0.240 e. The van der Waals surface area contributed by atoms with E-state index in [9.17, 15) is 13.2 Å². The van der Waals surface area contributed by atoms with Crippen molar-refractivity contribution in [1.29, 1.82) is 0 Å². The summed E-state index contributed by atoms with van der Waals surface area (Å²) in [5.41, 5.74) is 0.547. The molecule has 5 nitrogen and oxygen atoms in total. The largest absolute Gasteiger partial charge is 0.326 e. The van der Waals surface area contributed by atoms with Crippen molar-refractivity contribution in [2.24, 2.45) is 0 Å². The summed E-state index contributed by atoms with van der Waals surface area (Å²) in [4.78, 5) is 12.4. The van der Waals surface area contributed by atoms with Crippen molar-refractivity contribution in [3.8, 4) is 0 Å². The molecule has 0 saturated heterocycles. The molecule has 23 heavy (non-hydrogen) atoms. The fraction of sp³-hybridized carbons (Fsp3) is 0.312. The number of hydrogen-bond acceptors (Lipinski definition) is 4. The maximum absolute atomic E-state index is 12.4.